The van der Waals surface area contributed by atoms with Crippen LogP contribution in [0.3, 0.4) is 0 Å². The third-order valence-electron chi connectivity index (χ3n) is 7.39. The number of halogens is 1. The molecule has 1 unspecified atom stereocenters. The van der Waals surface area contributed by atoms with E-state index in [0.717, 1.165) is 15.9 Å². The molecule has 0 bridgehead atoms. The highest BCUT2D eigenvalue weighted by Gasteiger charge is 2.35. The smallest absolute Gasteiger partial charge is 0.273 e. The fraction of sp³-hybridized carbons (Fsp3) is 0.212. The number of hydrogen-bond acceptors (Lipinski definition) is 7. The predicted molar refractivity (Wildman–Crippen MR) is 170 cm³/mol. The average molecular weight is 649 g/mol. The van der Waals surface area contributed by atoms with E-state index in [4.69, 9.17) is 4.74 Å². The maximum absolute atomic E-state index is 14.3. The van der Waals surface area contributed by atoms with Crippen LogP contribution in [0, 0.1) is 22.9 Å². The van der Waals surface area contributed by atoms with Gasteiger partial charge in [-0.05, 0) is 60.5 Å². The highest BCUT2D eigenvalue weighted by atomic mass is 32.2. The molecule has 0 heterocycles. The maximum atomic E-state index is 14.3. The average Bonchev–Trinajstić information content (AvgIpc) is 3.06. The first-order chi connectivity index (χ1) is 21.9. The minimum atomic E-state index is -4.57. The van der Waals surface area contributed by atoms with Gasteiger partial charge in [0.05, 0.1) is 22.6 Å². The summed E-state index contributed by atoms with van der Waals surface area (Å²) in [5, 5.41) is 14.2. The standard InChI is InChI=1S/C33H33FN4O7S/c1-23-9-18-29(20-30(23)38(41)42)46(43,44)37(27-14-16-28(45-3)17-15-27)22-32(39)36(21-25-10-12-26(34)13-11-25)31(33(40)35-2)19-24-7-5-4-6-8-24/h4-18,20,31H,19,21-22H2,1-3H3,(H,35,40). The Labute approximate surface area is 266 Å². The molecule has 0 saturated heterocycles. The number of nitro groups is 1. The van der Waals surface area contributed by atoms with Gasteiger partial charge in [0.1, 0.15) is 24.2 Å². The predicted octanol–water partition coefficient (Wildman–Crippen LogP) is 4.63. The maximum Gasteiger partial charge on any atom is 0.273 e. The molecule has 240 valence electrons. The molecule has 1 atom stereocenters. The topological polar surface area (TPSA) is 139 Å². The van der Waals surface area contributed by atoms with Crippen molar-refractivity contribution in [1.29, 1.82) is 0 Å². The number of benzene rings is 4. The molecule has 46 heavy (non-hydrogen) atoms. The summed E-state index contributed by atoms with van der Waals surface area (Å²) >= 11 is 0. The van der Waals surface area contributed by atoms with E-state index < -0.39 is 55.7 Å². The summed E-state index contributed by atoms with van der Waals surface area (Å²) in [6, 6.07) is 22.7. The Morgan fingerprint density at radius 3 is 2.20 bits per heavy atom. The summed E-state index contributed by atoms with van der Waals surface area (Å²) in [6.45, 7) is 0.578. The van der Waals surface area contributed by atoms with E-state index in [1.54, 1.807) is 24.3 Å². The first-order valence-corrected chi connectivity index (χ1v) is 15.6. The third-order valence-corrected chi connectivity index (χ3v) is 9.16. The van der Waals surface area contributed by atoms with Crippen molar-refractivity contribution in [3.8, 4) is 5.75 Å². The molecule has 0 aliphatic carbocycles. The third kappa shape index (κ3) is 7.85. The quantitative estimate of drug-likeness (QED) is 0.165. The molecule has 2 amide bonds. The Balaban J connectivity index is 1.82. The number of aryl methyl sites for hydroxylation is 1. The lowest BCUT2D eigenvalue weighted by Gasteiger charge is -2.33. The zero-order valence-corrected chi connectivity index (χ0v) is 26.2. The first-order valence-electron chi connectivity index (χ1n) is 14.2. The van der Waals surface area contributed by atoms with Gasteiger partial charge in [-0.15, -0.1) is 0 Å². The summed E-state index contributed by atoms with van der Waals surface area (Å²) in [6.07, 6.45) is 0.104. The molecule has 4 rings (SSSR count). The monoisotopic (exact) mass is 648 g/mol. The molecule has 4 aromatic carbocycles. The number of sulfonamides is 1. The number of nitrogens with one attached hydrogen (secondary N) is 1. The summed E-state index contributed by atoms with van der Waals surface area (Å²) in [4.78, 5) is 39.4. The lowest BCUT2D eigenvalue weighted by atomic mass is 10.0. The van der Waals surface area contributed by atoms with Gasteiger partial charge < -0.3 is 15.0 Å². The van der Waals surface area contributed by atoms with Crippen LogP contribution >= 0.6 is 0 Å². The van der Waals surface area contributed by atoms with Gasteiger partial charge in [-0.3, -0.25) is 24.0 Å². The summed E-state index contributed by atoms with van der Waals surface area (Å²) < 4.78 is 48.1. The van der Waals surface area contributed by atoms with Crippen LogP contribution in [0.1, 0.15) is 16.7 Å². The van der Waals surface area contributed by atoms with Gasteiger partial charge in [0, 0.05) is 31.6 Å². The van der Waals surface area contributed by atoms with Crippen molar-refractivity contribution in [3.05, 3.63) is 130 Å². The van der Waals surface area contributed by atoms with E-state index >= 15 is 0 Å². The van der Waals surface area contributed by atoms with E-state index in [1.807, 2.05) is 6.07 Å². The SMILES string of the molecule is CNC(=O)C(Cc1ccccc1)N(Cc1ccc(F)cc1)C(=O)CN(c1ccc(OC)cc1)S(=O)(=O)c1ccc(C)c([N+](=O)[O-])c1. The van der Waals surface area contributed by atoms with Crippen LogP contribution in [-0.4, -0.2) is 56.8 Å². The number of nitrogens with zero attached hydrogens (tertiary/aromatic N) is 3. The number of anilines is 1. The Morgan fingerprint density at radius 1 is 0.957 bits per heavy atom. The van der Waals surface area contributed by atoms with Crippen molar-refractivity contribution in [2.75, 3.05) is 25.0 Å². The van der Waals surface area contributed by atoms with Crippen LogP contribution in [0.5, 0.6) is 5.75 Å². The van der Waals surface area contributed by atoms with E-state index in [1.165, 1.54) is 86.6 Å². The molecule has 4 aromatic rings. The molecule has 1 N–H and O–H groups in total. The Bertz CT molecular complexity index is 1800. The van der Waals surface area contributed by atoms with Crippen molar-refractivity contribution >= 4 is 33.2 Å². The van der Waals surface area contributed by atoms with Crippen molar-refractivity contribution in [3.63, 3.8) is 0 Å². The van der Waals surface area contributed by atoms with Crippen LogP contribution in [0.15, 0.2) is 102 Å². The number of carbonyl (C=O) groups is 2. The zero-order chi connectivity index (χ0) is 33.4. The van der Waals surface area contributed by atoms with Gasteiger partial charge >= 0.3 is 0 Å². The number of nitro benzene ring substituents is 1. The Morgan fingerprint density at radius 2 is 1.61 bits per heavy atom. The molecule has 0 fully saturated rings. The van der Waals surface area contributed by atoms with Crippen LogP contribution in [0.2, 0.25) is 0 Å². The van der Waals surface area contributed by atoms with Gasteiger partial charge in [0.25, 0.3) is 15.7 Å². The largest absolute Gasteiger partial charge is 0.497 e. The Hall–Kier alpha value is -5.30. The van der Waals surface area contributed by atoms with E-state index in [-0.39, 0.29) is 24.2 Å². The molecule has 0 aliphatic heterocycles. The number of amides is 2. The highest BCUT2D eigenvalue weighted by molar-refractivity contribution is 7.92. The second-order valence-corrected chi connectivity index (χ2v) is 12.2. The van der Waals surface area contributed by atoms with E-state index in [2.05, 4.69) is 5.32 Å². The second kappa shape index (κ2) is 14.7. The first kappa shape index (κ1) is 33.6. The van der Waals surface area contributed by atoms with Crippen molar-refractivity contribution in [2.45, 2.75) is 30.8 Å². The molecule has 0 aliphatic rings. The summed E-state index contributed by atoms with van der Waals surface area (Å²) in [5.74, 6) is -1.29. The molecule has 11 nitrogen and oxygen atoms in total. The fourth-order valence-electron chi connectivity index (χ4n) is 4.86. The van der Waals surface area contributed by atoms with Crippen molar-refractivity contribution < 1.29 is 32.1 Å². The summed E-state index contributed by atoms with van der Waals surface area (Å²) in [7, 11) is -1.70. The van der Waals surface area contributed by atoms with Gasteiger partial charge in [0.15, 0.2) is 0 Å². The number of hydrogen-bond donors (Lipinski definition) is 1. The van der Waals surface area contributed by atoms with Gasteiger partial charge in [-0.25, -0.2) is 12.8 Å². The molecule has 0 spiro atoms. The van der Waals surface area contributed by atoms with Gasteiger partial charge in [0.2, 0.25) is 11.8 Å². The van der Waals surface area contributed by atoms with Gasteiger partial charge in [-0.2, -0.15) is 0 Å². The van der Waals surface area contributed by atoms with Crippen molar-refractivity contribution in [2.24, 2.45) is 0 Å². The molecule has 0 aromatic heterocycles. The molecular formula is C33H33FN4O7S. The summed E-state index contributed by atoms with van der Waals surface area (Å²) in [5.41, 5.74) is 1.20. The second-order valence-electron chi connectivity index (χ2n) is 10.4. The minimum absolute atomic E-state index is 0.0821. The normalized spacial score (nSPS) is 11.7. The lowest BCUT2D eigenvalue weighted by molar-refractivity contribution is -0.385. The lowest BCUT2D eigenvalue weighted by Crippen LogP contribution is -2.53. The number of carbonyl (C=O) groups excluding carboxylic acids is 2. The molecular weight excluding hydrogens is 615 g/mol. The van der Waals surface area contributed by atoms with Crippen LogP contribution in [0.4, 0.5) is 15.8 Å². The Kier molecular flexibility index (Phi) is 10.7. The number of rotatable bonds is 13. The zero-order valence-electron chi connectivity index (χ0n) is 25.4. The molecule has 0 radical (unpaired) electrons. The van der Waals surface area contributed by atoms with E-state index in [9.17, 15) is 32.5 Å². The minimum Gasteiger partial charge on any atom is -0.497 e. The van der Waals surface area contributed by atoms with Gasteiger partial charge in [-0.1, -0.05) is 48.5 Å². The van der Waals surface area contributed by atoms with E-state index in [0.29, 0.717) is 11.3 Å². The number of ether oxygens (including phenoxy) is 1. The van der Waals surface area contributed by atoms with Crippen molar-refractivity contribution in [1.82, 2.24) is 10.2 Å². The van der Waals surface area contributed by atoms with Crippen LogP contribution in [-0.2, 0) is 32.6 Å². The fourth-order valence-corrected chi connectivity index (χ4v) is 6.29. The van der Waals surface area contributed by atoms with Crippen LogP contribution in [0.25, 0.3) is 0 Å². The molecule has 13 heteroatoms. The molecule has 0 saturated carbocycles. The number of likely N-dealkylation sites (N-methyl/N-ethyl adjacent to an activating group) is 1. The number of methoxy groups -OCH3 is 1. The highest BCUT2D eigenvalue weighted by Crippen LogP contribution is 2.29. The van der Waals surface area contributed by atoms with Crippen LogP contribution < -0.4 is 14.4 Å².